The Morgan fingerprint density at radius 1 is 1.03 bits per heavy atom. The Kier molecular flexibility index (Phi) is 7.07. The van der Waals surface area contributed by atoms with Gasteiger partial charge in [-0.05, 0) is 68.4 Å². The molecule has 0 spiro atoms. The van der Waals surface area contributed by atoms with Gasteiger partial charge in [0.05, 0.1) is 18.9 Å². The maximum Gasteiger partial charge on any atom is 0.270 e. The summed E-state index contributed by atoms with van der Waals surface area (Å²) in [7, 11) is 1.55. The SMILES string of the molecule is CCCN1C(=O)/C(=C\c2ccc(OC(C)C)c(OC)c2)C(=O)N(c2ccccc2)C1=S. The lowest BCUT2D eigenvalue weighted by molar-refractivity contribution is -0.127. The molecule has 2 aromatic carbocycles. The lowest BCUT2D eigenvalue weighted by Gasteiger charge is -2.36. The second kappa shape index (κ2) is 9.75. The van der Waals surface area contributed by atoms with Gasteiger partial charge in [-0.2, -0.15) is 0 Å². The summed E-state index contributed by atoms with van der Waals surface area (Å²) in [4.78, 5) is 29.4. The topological polar surface area (TPSA) is 59.1 Å². The summed E-state index contributed by atoms with van der Waals surface area (Å²) in [5.74, 6) is 0.279. The van der Waals surface area contributed by atoms with Gasteiger partial charge in [0.1, 0.15) is 5.57 Å². The number of anilines is 1. The van der Waals surface area contributed by atoms with E-state index in [9.17, 15) is 9.59 Å². The average molecular weight is 439 g/mol. The predicted octanol–water partition coefficient (Wildman–Crippen LogP) is 4.44. The number of benzene rings is 2. The molecular formula is C24H26N2O4S. The number of hydrogen-bond acceptors (Lipinski definition) is 5. The van der Waals surface area contributed by atoms with E-state index in [4.69, 9.17) is 21.7 Å². The van der Waals surface area contributed by atoms with Crippen LogP contribution in [0, 0.1) is 0 Å². The lowest BCUT2D eigenvalue weighted by atomic mass is 10.0. The fourth-order valence-electron chi connectivity index (χ4n) is 3.29. The second-order valence-electron chi connectivity index (χ2n) is 7.35. The molecule has 0 aromatic heterocycles. The molecule has 0 radical (unpaired) electrons. The molecule has 0 bridgehead atoms. The molecule has 0 saturated carbocycles. The molecule has 0 aliphatic carbocycles. The average Bonchev–Trinajstić information content (AvgIpc) is 2.75. The molecule has 2 aromatic rings. The molecule has 0 N–H and O–H groups in total. The van der Waals surface area contributed by atoms with Crippen molar-refractivity contribution in [2.75, 3.05) is 18.6 Å². The van der Waals surface area contributed by atoms with Crippen molar-refractivity contribution in [1.82, 2.24) is 4.90 Å². The Labute approximate surface area is 188 Å². The van der Waals surface area contributed by atoms with Gasteiger partial charge >= 0.3 is 0 Å². The maximum atomic E-state index is 13.3. The number of para-hydroxylation sites is 1. The molecule has 31 heavy (non-hydrogen) atoms. The van der Waals surface area contributed by atoms with E-state index in [0.29, 0.717) is 35.7 Å². The van der Waals surface area contributed by atoms with Crippen molar-refractivity contribution in [3.8, 4) is 11.5 Å². The van der Waals surface area contributed by atoms with Gasteiger partial charge in [0.15, 0.2) is 16.6 Å². The highest BCUT2D eigenvalue weighted by Gasteiger charge is 2.39. The van der Waals surface area contributed by atoms with E-state index in [1.54, 1.807) is 43.5 Å². The second-order valence-corrected chi connectivity index (χ2v) is 7.72. The number of carbonyl (C=O) groups excluding carboxylic acids is 2. The standard InChI is InChI=1S/C24H26N2O4S/c1-5-13-25-22(27)19(23(28)26(24(25)31)18-9-7-6-8-10-18)14-17-11-12-20(30-16(2)3)21(15-17)29-4/h6-12,14-16H,5,13H2,1-4H3/b19-14+. The van der Waals surface area contributed by atoms with Crippen LogP contribution in [0.25, 0.3) is 6.08 Å². The highest BCUT2D eigenvalue weighted by atomic mass is 32.1. The van der Waals surface area contributed by atoms with Crippen LogP contribution in [0.1, 0.15) is 32.8 Å². The molecule has 1 heterocycles. The van der Waals surface area contributed by atoms with E-state index < -0.39 is 11.8 Å². The van der Waals surface area contributed by atoms with Crippen LogP contribution in [0.5, 0.6) is 11.5 Å². The summed E-state index contributed by atoms with van der Waals surface area (Å²) in [6, 6.07) is 14.4. The normalized spacial score (nSPS) is 15.8. The zero-order chi connectivity index (χ0) is 22.5. The molecule has 1 aliphatic rings. The largest absolute Gasteiger partial charge is 0.493 e. The zero-order valence-electron chi connectivity index (χ0n) is 18.1. The summed E-state index contributed by atoms with van der Waals surface area (Å²) >= 11 is 5.51. The van der Waals surface area contributed by atoms with E-state index >= 15 is 0 Å². The minimum Gasteiger partial charge on any atom is -0.493 e. The zero-order valence-corrected chi connectivity index (χ0v) is 18.9. The number of carbonyl (C=O) groups is 2. The summed E-state index contributed by atoms with van der Waals surface area (Å²) < 4.78 is 11.2. The molecule has 0 atom stereocenters. The van der Waals surface area contributed by atoms with Crippen molar-refractivity contribution in [3.05, 3.63) is 59.7 Å². The monoisotopic (exact) mass is 438 g/mol. The summed E-state index contributed by atoms with van der Waals surface area (Å²) in [6.45, 7) is 6.24. The Morgan fingerprint density at radius 2 is 1.74 bits per heavy atom. The molecule has 6 nitrogen and oxygen atoms in total. The third kappa shape index (κ3) is 4.77. The van der Waals surface area contributed by atoms with Gasteiger partial charge in [-0.15, -0.1) is 0 Å². The first-order chi connectivity index (χ1) is 14.9. The van der Waals surface area contributed by atoms with Crippen molar-refractivity contribution >= 4 is 40.9 Å². The van der Waals surface area contributed by atoms with Gasteiger partial charge in [-0.1, -0.05) is 31.2 Å². The van der Waals surface area contributed by atoms with Crippen molar-refractivity contribution in [3.63, 3.8) is 0 Å². The van der Waals surface area contributed by atoms with Crippen LogP contribution < -0.4 is 14.4 Å². The van der Waals surface area contributed by atoms with Gasteiger partial charge in [0, 0.05) is 6.54 Å². The van der Waals surface area contributed by atoms with Crippen molar-refractivity contribution in [2.24, 2.45) is 0 Å². The van der Waals surface area contributed by atoms with E-state index in [1.807, 2.05) is 39.0 Å². The van der Waals surface area contributed by atoms with Gasteiger partial charge in [0.25, 0.3) is 11.8 Å². The van der Waals surface area contributed by atoms with Crippen molar-refractivity contribution in [2.45, 2.75) is 33.3 Å². The van der Waals surface area contributed by atoms with Crippen LogP contribution in [0.2, 0.25) is 0 Å². The first-order valence-electron chi connectivity index (χ1n) is 10.2. The Bertz CT molecular complexity index is 1020. The third-order valence-corrected chi connectivity index (χ3v) is 5.06. The molecule has 1 fully saturated rings. The van der Waals surface area contributed by atoms with E-state index in [1.165, 1.54) is 9.80 Å². The van der Waals surface area contributed by atoms with Crippen LogP contribution >= 0.6 is 12.2 Å². The molecule has 1 aliphatic heterocycles. The van der Waals surface area contributed by atoms with Crippen LogP contribution in [0.4, 0.5) is 5.69 Å². The van der Waals surface area contributed by atoms with Crippen LogP contribution in [-0.2, 0) is 9.59 Å². The Morgan fingerprint density at radius 3 is 2.35 bits per heavy atom. The number of hydrogen-bond donors (Lipinski definition) is 0. The number of amides is 2. The fourth-order valence-corrected chi connectivity index (χ4v) is 3.66. The molecule has 1 saturated heterocycles. The molecule has 162 valence electrons. The minimum absolute atomic E-state index is 0.0114. The molecule has 3 rings (SSSR count). The van der Waals surface area contributed by atoms with Crippen LogP contribution in [-0.4, -0.2) is 41.6 Å². The first-order valence-corrected chi connectivity index (χ1v) is 10.6. The minimum atomic E-state index is -0.449. The van der Waals surface area contributed by atoms with Gasteiger partial charge in [0.2, 0.25) is 0 Å². The van der Waals surface area contributed by atoms with Crippen LogP contribution in [0.3, 0.4) is 0 Å². The molecule has 2 amide bonds. The van der Waals surface area contributed by atoms with Gasteiger partial charge < -0.3 is 9.47 Å². The van der Waals surface area contributed by atoms with Crippen LogP contribution in [0.15, 0.2) is 54.1 Å². The van der Waals surface area contributed by atoms with Crippen molar-refractivity contribution in [1.29, 1.82) is 0 Å². The molecule has 7 heteroatoms. The summed E-state index contributed by atoms with van der Waals surface area (Å²) in [5, 5.41) is 0.193. The van der Waals surface area contributed by atoms with Gasteiger partial charge in [-0.3, -0.25) is 19.4 Å². The highest BCUT2D eigenvalue weighted by Crippen LogP contribution is 2.31. The number of thiocarbonyl (C=S) groups is 1. The first kappa shape index (κ1) is 22.5. The quantitative estimate of drug-likeness (QED) is 0.363. The maximum absolute atomic E-state index is 13.3. The fraction of sp³-hybridized carbons (Fsp3) is 0.292. The van der Waals surface area contributed by atoms with E-state index in [-0.39, 0.29) is 16.8 Å². The van der Waals surface area contributed by atoms with Crippen molar-refractivity contribution < 1.29 is 19.1 Å². The highest BCUT2D eigenvalue weighted by molar-refractivity contribution is 7.80. The lowest BCUT2D eigenvalue weighted by Crippen LogP contribution is -2.56. The number of nitrogens with zero attached hydrogens (tertiary/aromatic N) is 2. The number of ether oxygens (including phenoxy) is 2. The Balaban J connectivity index is 2.05. The summed E-state index contributed by atoms with van der Waals surface area (Å²) in [5.41, 5.74) is 1.32. The van der Waals surface area contributed by atoms with E-state index in [2.05, 4.69) is 0 Å². The van der Waals surface area contributed by atoms with Gasteiger partial charge in [-0.25, -0.2) is 0 Å². The molecular weight excluding hydrogens is 412 g/mol. The smallest absolute Gasteiger partial charge is 0.270 e. The molecule has 0 unspecified atom stereocenters. The predicted molar refractivity (Wildman–Crippen MR) is 125 cm³/mol. The number of rotatable bonds is 7. The van der Waals surface area contributed by atoms with E-state index in [0.717, 1.165) is 0 Å². The Hall–Kier alpha value is -3.19. The number of methoxy groups -OCH3 is 1. The third-order valence-electron chi connectivity index (χ3n) is 4.65. The summed E-state index contributed by atoms with van der Waals surface area (Å²) in [6.07, 6.45) is 2.28.